The van der Waals surface area contributed by atoms with Crippen molar-refractivity contribution >= 4 is 5.91 Å². The van der Waals surface area contributed by atoms with Crippen molar-refractivity contribution in [3.63, 3.8) is 0 Å². The molecule has 4 rings (SSSR count). The summed E-state index contributed by atoms with van der Waals surface area (Å²) in [6.07, 6.45) is 6.20. The van der Waals surface area contributed by atoms with Crippen LogP contribution in [0, 0.1) is 5.92 Å². The van der Waals surface area contributed by atoms with Gasteiger partial charge in [0.15, 0.2) is 0 Å². The van der Waals surface area contributed by atoms with Gasteiger partial charge in [0.05, 0.1) is 24.4 Å². The van der Waals surface area contributed by atoms with E-state index in [2.05, 4.69) is 21.9 Å². The summed E-state index contributed by atoms with van der Waals surface area (Å²) in [5.74, 6) is 0.600. The van der Waals surface area contributed by atoms with Crippen molar-refractivity contribution in [3.8, 4) is 0 Å². The van der Waals surface area contributed by atoms with E-state index < -0.39 is 0 Å². The Morgan fingerprint density at radius 1 is 1.23 bits per heavy atom. The second kappa shape index (κ2) is 7.13. The number of carbonyl (C=O) groups is 1. The molecule has 1 atom stereocenters. The number of nitrogens with zero attached hydrogens (tertiary/aromatic N) is 4. The van der Waals surface area contributed by atoms with E-state index in [-0.39, 0.29) is 11.4 Å². The second-order valence-electron chi connectivity index (χ2n) is 7.41. The monoisotopic (exact) mass is 352 g/mol. The van der Waals surface area contributed by atoms with Gasteiger partial charge in [-0.1, -0.05) is 6.07 Å². The van der Waals surface area contributed by atoms with Crippen LogP contribution in [0.25, 0.3) is 0 Å². The van der Waals surface area contributed by atoms with Crippen LogP contribution >= 0.6 is 0 Å². The number of rotatable bonds is 5. The molecule has 26 heavy (non-hydrogen) atoms. The molecule has 2 aliphatic heterocycles. The van der Waals surface area contributed by atoms with Gasteiger partial charge in [-0.05, 0) is 43.7 Å². The van der Waals surface area contributed by atoms with Gasteiger partial charge in [0, 0.05) is 43.8 Å². The second-order valence-corrected chi connectivity index (χ2v) is 7.41. The fraction of sp³-hybridized carbons (Fsp3) is 0.450. The molecule has 2 fully saturated rings. The summed E-state index contributed by atoms with van der Waals surface area (Å²) in [4.78, 5) is 25.1. The predicted molar refractivity (Wildman–Crippen MR) is 97.5 cm³/mol. The van der Waals surface area contributed by atoms with E-state index in [4.69, 9.17) is 4.74 Å². The van der Waals surface area contributed by atoms with Crippen LogP contribution in [0.15, 0.2) is 48.9 Å². The van der Waals surface area contributed by atoms with E-state index in [1.165, 1.54) is 0 Å². The summed E-state index contributed by atoms with van der Waals surface area (Å²) in [6.45, 7) is 3.89. The molecule has 4 heterocycles. The van der Waals surface area contributed by atoms with Gasteiger partial charge in [-0.3, -0.25) is 19.7 Å². The van der Waals surface area contributed by atoms with Crippen LogP contribution in [0.3, 0.4) is 0 Å². The molecule has 0 radical (unpaired) electrons. The van der Waals surface area contributed by atoms with Crippen LogP contribution in [0.1, 0.15) is 22.5 Å². The third-order valence-electron chi connectivity index (χ3n) is 5.52. The number of aromatic nitrogens is 2. The Morgan fingerprint density at radius 2 is 2.04 bits per heavy atom. The summed E-state index contributed by atoms with van der Waals surface area (Å²) < 4.78 is 5.88. The fourth-order valence-electron chi connectivity index (χ4n) is 4.12. The van der Waals surface area contributed by atoms with E-state index in [0.717, 1.165) is 38.4 Å². The van der Waals surface area contributed by atoms with E-state index in [1.807, 2.05) is 23.1 Å². The third kappa shape index (κ3) is 3.34. The molecule has 2 saturated heterocycles. The largest absolute Gasteiger partial charge is 0.375 e. The summed E-state index contributed by atoms with van der Waals surface area (Å²) in [7, 11) is 2.16. The number of carbonyl (C=O) groups excluding carboxylic acids is 1. The molecule has 0 aromatic carbocycles. The molecule has 0 N–H and O–H groups in total. The van der Waals surface area contributed by atoms with Crippen LogP contribution in [0.4, 0.5) is 0 Å². The number of likely N-dealkylation sites (N-methyl/N-ethyl adjacent to an activating group) is 1. The molecule has 2 aromatic rings. The Hall–Kier alpha value is -2.31. The zero-order chi connectivity index (χ0) is 18.0. The highest BCUT2D eigenvalue weighted by atomic mass is 16.5. The maximum absolute atomic E-state index is 12.5. The fourth-order valence-corrected chi connectivity index (χ4v) is 4.12. The number of ether oxygens (including phenoxy) is 1. The first-order chi connectivity index (χ1) is 12.7. The molecule has 6 heteroatoms. The minimum Gasteiger partial charge on any atom is -0.375 e. The molecule has 0 aliphatic carbocycles. The van der Waals surface area contributed by atoms with Crippen molar-refractivity contribution in [2.45, 2.75) is 18.6 Å². The van der Waals surface area contributed by atoms with E-state index in [1.54, 1.807) is 30.7 Å². The Labute approximate surface area is 153 Å². The minimum atomic E-state index is 0.0984. The highest BCUT2D eigenvalue weighted by Gasteiger charge is 2.53. The van der Waals surface area contributed by atoms with Crippen LogP contribution in [-0.2, 0) is 11.3 Å². The number of likely N-dealkylation sites (tertiary alicyclic amines) is 2. The maximum atomic E-state index is 12.5. The first-order valence-corrected chi connectivity index (χ1v) is 9.04. The lowest BCUT2D eigenvalue weighted by molar-refractivity contribution is -0.00806. The Morgan fingerprint density at radius 3 is 2.77 bits per heavy atom. The molecule has 6 nitrogen and oxygen atoms in total. The van der Waals surface area contributed by atoms with Crippen LogP contribution in [0.2, 0.25) is 0 Å². The zero-order valence-corrected chi connectivity index (χ0v) is 15.0. The third-order valence-corrected chi connectivity index (χ3v) is 5.52. The van der Waals surface area contributed by atoms with Gasteiger partial charge in [-0.25, -0.2) is 0 Å². The molecule has 136 valence electrons. The summed E-state index contributed by atoms with van der Waals surface area (Å²) in [6, 6.07) is 9.43. The van der Waals surface area contributed by atoms with Gasteiger partial charge in [0.2, 0.25) is 0 Å². The van der Waals surface area contributed by atoms with Crippen LogP contribution in [0.5, 0.6) is 0 Å². The van der Waals surface area contributed by atoms with Gasteiger partial charge in [0.25, 0.3) is 5.91 Å². The van der Waals surface area contributed by atoms with Crippen molar-refractivity contribution < 1.29 is 9.53 Å². The molecular formula is C20H24N4O2. The molecular weight excluding hydrogens is 328 g/mol. The summed E-state index contributed by atoms with van der Waals surface area (Å²) >= 11 is 0. The zero-order valence-electron chi connectivity index (χ0n) is 15.0. The average molecular weight is 352 g/mol. The van der Waals surface area contributed by atoms with Crippen LogP contribution < -0.4 is 0 Å². The number of hydrogen-bond donors (Lipinski definition) is 0. The van der Waals surface area contributed by atoms with Gasteiger partial charge in [0.1, 0.15) is 0 Å². The smallest absolute Gasteiger partial charge is 0.254 e. The Kier molecular flexibility index (Phi) is 4.70. The van der Waals surface area contributed by atoms with Crippen molar-refractivity contribution in [2.75, 3.05) is 33.3 Å². The molecule has 0 unspecified atom stereocenters. The van der Waals surface area contributed by atoms with Crippen LogP contribution in [-0.4, -0.2) is 64.5 Å². The topological polar surface area (TPSA) is 58.6 Å². The Bertz CT molecular complexity index is 747. The Balaban J connectivity index is 1.27. The standard InChI is InChI=1S/C20H24N4O2/c1-23-11-16(12-26-13-18-4-2-3-7-22-18)10-20(23)14-24(15-20)19(25)17-5-8-21-9-6-17/h2-9,16H,10-15H2,1H3/t16-/m0/s1. The highest BCUT2D eigenvalue weighted by molar-refractivity contribution is 5.94. The van der Waals surface area contributed by atoms with Gasteiger partial charge < -0.3 is 9.64 Å². The molecule has 0 bridgehead atoms. The lowest BCUT2D eigenvalue weighted by Crippen LogP contribution is -2.68. The maximum Gasteiger partial charge on any atom is 0.254 e. The number of hydrogen-bond acceptors (Lipinski definition) is 5. The van der Waals surface area contributed by atoms with Crippen molar-refractivity contribution in [3.05, 3.63) is 60.2 Å². The van der Waals surface area contributed by atoms with Gasteiger partial charge in [-0.2, -0.15) is 0 Å². The quantitative estimate of drug-likeness (QED) is 0.822. The average Bonchev–Trinajstić information content (AvgIpc) is 2.98. The van der Waals surface area contributed by atoms with Gasteiger partial charge >= 0.3 is 0 Å². The molecule has 2 aromatic heterocycles. The highest BCUT2D eigenvalue weighted by Crippen LogP contribution is 2.40. The summed E-state index contributed by atoms with van der Waals surface area (Å²) in [5, 5.41) is 0. The van der Waals surface area contributed by atoms with E-state index >= 15 is 0 Å². The molecule has 1 amide bonds. The summed E-state index contributed by atoms with van der Waals surface area (Å²) in [5.41, 5.74) is 1.79. The van der Waals surface area contributed by atoms with Crippen molar-refractivity contribution in [1.29, 1.82) is 0 Å². The molecule has 1 spiro atoms. The lowest BCUT2D eigenvalue weighted by Gasteiger charge is -2.52. The SMILES string of the molecule is CN1C[C@@H](COCc2ccccn2)CC12CN(C(=O)c1ccncc1)C2. The lowest BCUT2D eigenvalue weighted by atomic mass is 9.84. The van der Waals surface area contributed by atoms with Gasteiger partial charge in [-0.15, -0.1) is 0 Å². The normalized spacial score (nSPS) is 21.7. The number of amides is 1. The molecule has 2 aliphatic rings. The van der Waals surface area contributed by atoms with E-state index in [9.17, 15) is 4.79 Å². The predicted octanol–water partition coefficient (Wildman–Crippen LogP) is 1.84. The minimum absolute atomic E-state index is 0.0984. The van der Waals surface area contributed by atoms with Crippen molar-refractivity contribution in [1.82, 2.24) is 19.8 Å². The van der Waals surface area contributed by atoms with E-state index in [0.29, 0.717) is 18.1 Å². The van der Waals surface area contributed by atoms with Crippen molar-refractivity contribution in [2.24, 2.45) is 5.92 Å². The first-order valence-electron chi connectivity index (χ1n) is 9.04. The first kappa shape index (κ1) is 17.1. The number of pyridine rings is 2. The molecule has 0 saturated carbocycles.